The SMILES string of the molecule is COC(=O)c1ccccc1NC(=O)[C@]12CC[C@@](C)(C(=O)[C@@H]1Br)C2(C)C. The average Bonchev–Trinajstić information content (AvgIpc) is 2.86. The number of ether oxygens (including phenoxy) is 1. The van der Waals surface area contributed by atoms with Gasteiger partial charge in [-0.1, -0.05) is 48.8 Å². The molecule has 3 rings (SSSR count). The third kappa shape index (κ3) is 2.09. The molecule has 0 heterocycles. The second-order valence-corrected chi connectivity index (χ2v) is 8.56. The summed E-state index contributed by atoms with van der Waals surface area (Å²) in [5.41, 5.74) is -1.17. The van der Waals surface area contributed by atoms with E-state index < -0.39 is 27.0 Å². The zero-order chi connectivity index (χ0) is 18.6. The van der Waals surface area contributed by atoms with Crippen molar-refractivity contribution in [3.05, 3.63) is 29.8 Å². The largest absolute Gasteiger partial charge is 0.465 e. The number of esters is 1. The lowest BCUT2D eigenvalue weighted by Crippen LogP contribution is -2.48. The highest BCUT2D eigenvalue weighted by molar-refractivity contribution is 9.10. The van der Waals surface area contributed by atoms with Gasteiger partial charge in [0.25, 0.3) is 0 Å². The first-order valence-corrected chi connectivity index (χ1v) is 9.22. The number of methoxy groups -OCH3 is 1. The first kappa shape index (κ1) is 18.1. The van der Waals surface area contributed by atoms with Crippen molar-refractivity contribution in [2.75, 3.05) is 12.4 Å². The van der Waals surface area contributed by atoms with Crippen LogP contribution in [0.25, 0.3) is 0 Å². The summed E-state index contributed by atoms with van der Waals surface area (Å²) >= 11 is 3.50. The number of hydrogen-bond acceptors (Lipinski definition) is 4. The minimum atomic E-state index is -0.845. The molecule has 0 saturated heterocycles. The van der Waals surface area contributed by atoms with E-state index in [1.54, 1.807) is 24.3 Å². The predicted molar refractivity (Wildman–Crippen MR) is 97.7 cm³/mol. The molecular weight excluding hydrogens is 386 g/mol. The van der Waals surface area contributed by atoms with Gasteiger partial charge in [0.05, 0.1) is 28.6 Å². The van der Waals surface area contributed by atoms with Crippen molar-refractivity contribution in [3.63, 3.8) is 0 Å². The number of benzene rings is 1. The molecule has 0 spiro atoms. The summed E-state index contributed by atoms with van der Waals surface area (Å²) in [5.74, 6) is -0.660. The van der Waals surface area contributed by atoms with Crippen molar-refractivity contribution in [1.82, 2.24) is 0 Å². The van der Waals surface area contributed by atoms with Crippen LogP contribution in [0.1, 0.15) is 44.0 Å². The molecule has 0 radical (unpaired) electrons. The van der Waals surface area contributed by atoms with Gasteiger partial charge < -0.3 is 10.1 Å². The van der Waals surface area contributed by atoms with E-state index in [1.165, 1.54) is 7.11 Å². The summed E-state index contributed by atoms with van der Waals surface area (Å²) in [5, 5.41) is 2.89. The van der Waals surface area contributed by atoms with Gasteiger partial charge in [-0.25, -0.2) is 4.79 Å². The van der Waals surface area contributed by atoms with Crippen LogP contribution in [0.15, 0.2) is 24.3 Å². The summed E-state index contributed by atoms with van der Waals surface area (Å²) in [7, 11) is 1.30. The Morgan fingerprint density at radius 1 is 1.20 bits per heavy atom. The van der Waals surface area contributed by atoms with Gasteiger partial charge in [0.15, 0.2) is 5.78 Å². The molecule has 3 atom stereocenters. The van der Waals surface area contributed by atoms with Gasteiger partial charge in [0.1, 0.15) is 0 Å². The fourth-order valence-corrected chi connectivity index (χ4v) is 6.08. The second kappa shape index (κ2) is 5.66. The van der Waals surface area contributed by atoms with Crippen LogP contribution in [-0.2, 0) is 14.3 Å². The molecule has 2 aliphatic rings. The number of carbonyl (C=O) groups is 3. The lowest BCUT2D eigenvalue weighted by Gasteiger charge is -2.39. The van der Waals surface area contributed by atoms with E-state index >= 15 is 0 Å². The van der Waals surface area contributed by atoms with Gasteiger partial charge >= 0.3 is 5.97 Å². The molecule has 6 heteroatoms. The molecule has 0 aromatic heterocycles. The zero-order valence-electron chi connectivity index (χ0n) is 14.8. The second-order valence-electron chi connectivity index (χ2n) is 7.65. The molecular formula is C19H22BrNO4. The third-order valence-electron chi connectivity index (χ3n) is 6.71. The molecule has 1 aromatic rings. The molecule has 0 aliphatic heterocycles. The summed E-state index contributed by atoms with van der Waals surface area (Å²) in [4.78, 5) is 37.5. The Kier molecular flexibility index (Phi) is 4.10. The van der Waals surface area contributed by atoms with Gasteiger partial charge in [-0.15, -0.1) is 0 Å². The molecule has 1 aromatic carbocycles. The highest BCUT2D eigenvalue weighted by Gasteiger charge is 2.76. The van der Waals surface area contributed by atoms with Crippen LogP contribution < -0.4 is 5.32 Å². The highest BCUT2D eigenvalue weighted by Crippen LogP contribution is 2.72. The van der Waals surface area contributed by atoms with Crippen LogP contribution in [-0.4, -0.2) is 29.6 Å². The Bertz CT molecular complexity index is 774. The number of para-hydroxylation sites is 1. The molecule has 1 N–H and O–H groups in total. The summed E-state index contributed by atoms with van der Waals surface area (Å²) in [6.07, 6.45) is 1.32. The number of halogens is 1. The fourth-order valence-electron chi connectivity index (χ4n) is 4.57. The molecule has 2 fully saturated rings. The van der Waals surface area contributed by atoms with Crippen molar-refractivity contribution in [1.29, 1.82) is 0 Å². The Morgan fingerprint density at radius 2 is 1.84 bits per heavy atom. The number of anilines is 1. The Balaban J connectivity index is 2.00. The van der Waals surface area contributed by atoms with Crippen LogP contribution in [0.2, 0.25) is 0 Å². The van der Waals surface area contributed by atoms with Crippen molar-refractivity contribution in [2.24, 2.45) is 16.2 Å². The predicted octanol–water partition coefficient (Wildman–Crippen LogP) is 3.57. The molecule has 134 valence electrons. The number of nitrogens with one attached hydrogen (secondary N) is 1. The minimum absolute atomic E-state index is 0.0835. The molecule has 2 saturated carbocycles. The first-order chi connectivity index (χ1) is 11.6. The van der Waals surface area contributed by atoms with Crippen LogP contribution in [0, 0.1) is 16.2 Å². The van der Waals surface area contributed by atoms with Crippen molar-refractivity contribution < 1.29 is 19.1 Å². The van der Waals surface area contributed by atoms with Gasteiger partial charge in [-0.05, 0) is 30.4 Å². The Labute approximate surface area is 155 Å². The van der Waals surface area contributed by atoms with E-state index in [9.17, 15) is 14.4 Å². The lowest BCUT2D eigenvalue weighted by molar-refractivity contribution is -0.130. The van der Waals surface area contributed by atoms with E-state index in [4.69, 9.17) is 4.74 Å². The number of Topliss-reactive ketones (excluding diaryl/α,β-unsaturated/α-hetero) is 1. The monoisotopic (exact) mass is 407 g/mol. The molecule has 5 nitrogen and oxygen atoms in total. The highest BCUT2D eigenvalue weighted by atomic mass is 79.9. The van der Waals surface area contributed by atoms with Gasteiger partial charge in [0.2, 0.25) is 5.91 Å². The molecule has 1 amide bonds. The van der Waals surface area contributed by atoms with E-state index in [1.807, 2.05) is 20.8 Å². The van der Waals surface area contributed by atoms with E-state index in [0.717, 1.165) is 0 Å². The molecule has 25 heavy (non-hydrogen) atoms. The number of rotatable bonds is 3. The lowest BCUT2D eigenvalue weighted by atomic mass is 9.64. The normalized spacial score (nSPS) is 32.5. The summed E-state index contributed by atoms with van der Waals surface area (Å²) in [6, 6.07) is 6.73. The maximum atomic E-state index is 13.3. The topological polar surface area (TPSA) is 72.5 Å². The minimum Gasteiger partial charge on any atom is -0.465 e. The van der Waals surface area contributed by atoms with Crippen LogP contribution in [0.4, 0.5) is 5.69 Å². The number of amides is 1. The maximum absolute atomic E-state index is 13.3. The Hall–Kier alpha value is -1.69. The van der Waals surface area contributed by atoms with Crippen LogP contribution >= 0.6 is 15.9 Å². The third-order valence-corrected chi connectivity index (χ3v) is 7.90. The van der Waals surface area contributed by atoms with Crippen molar-refractivity contribution >= 4 is 39.3 Å². The summed E-state index contributed by atoms with van der Waals surface area (Å²) < 4.78 is 4.79. The van der Waals surface area contributed by atoms with Crippen LogP contribution in [0.5, 0.6) is 0 Å². The van der Waals surface area contributed by atoms with Crippen molar-refractivity contribution in [2.45, 2.75) is 38.4 Å². The van der Waals surface area contributed by atoms with E-state index in [0.29, 0.717) is 24.1 Å². The van der Waals surface area contributed by atoms with Gasteiger partial charge in [-0.2, -0.15) is 0 Å². The summed E-state index contributed by atoms with van der Waals surface area (Å²) in [6.45, 7) is 5.93. The maximum Gasteiger partial charge on any atom is 0.339 e. The first-order valence-electron chi connectivity index (χ1n) is 8.30. The molecule has 2 aliphatic carbocycles. The van der Waals surface area contributed by atoms with Crippen molar-refractivity contribution in [3.8, 4) is 0 Å². The standard InChI is InChI=1S/C19H22BrNO4/c1-17(2)18(3)9-10-19(17,13(20)14(18)22)16(24)21-12-8-6-5-7-11(12)15(23)25-4/h5-8,13H,9-10H2,1-4H3,(H,21,24)/t13-,18-,19-/m0/s1. The number of hydrogen-bond donors (Lipinski definition) is 1. The molecule has 2 bridgehead atoms. The quantitative estimate of drug-likeness (QED) is 0.613. The van der Waals surface area contributed by atoms with Crippen LogP contribution in [0.3, 0.4) is 0 Å². The number of carbonyl (C=O) groups excluding carboxylic acids is 3. The number of ketones is 1. The fraction of sp³-hybridized carbons (Fsp3) is 0.526. The van der Waals surface area contributed by atoms with E-state index in [2.05, 4.69) is 21.2 Å². The smallest absolute Gasteiger partial charge is 0.339 e. The Morgan fingerprint density at radius 3 is 2.40 bits per heavy atom. The van der Waals surface area contributed by atoms with Gasteiger partial charge in [-0.3, -0.25) is 9.59 Å². The molecule has 0 unspecified atom stereocenters. The van der Waals surface area contributed by atoms with E-state index in [-0.39, 0.29) is 11.7 Å². The zero-order valence-corrected chi connectivity index (χ0v) is 16.4. The number of alkyl halides is 1. The average molecular weight is 408 g/mol. The van der Waals surface area contributed by atoms with Gasteiger partial charge in [0, 0.05) is 5.41 Å². The number of fused-ring (bicyclic) bond motifs is 2.